The van der Waals surface area contributed by atoms with Gasteiger partial charge in [0.05, 0.1) is 11.3 Å². The van der Waals surface area contributed by atoms with Gasteiger partial charge in [-0.3, -0.25) is 4.79 Å². The van der Waals surface area contributed by atoms with Crippen LogP contribution in [-0.2, 0) is 0 Å². The van der Waals surface area contributed by atoms with Gasteiger partial charge in [0.25, 0.3) is 5.91 Å². The van der Waals surface area contributed by atoms with Crippen molar-refractivity contribution in [2.24, 2.45) is 0 Å². The Hall–Kier alpha value is -1.95. The van der Waals surface area contributed by atoms with Gasteiger partial charge >= 0.3 is 0 Å². The number of carbonyl (C=O) groups excluding carboxylic acids is 1. The standard InChI is InChI=1S/C14H11BrF2N2O/c1-7-4-11(17)13(6-10(7)16)19-14(20)9-3-2-8(15)5-12(9)18/h2-6H,18H2,1H3,(H,19,20). The maximum atomic E-state index is 13.7. The van der Waals surface area contributed by atoms with Crippen LogP contribution >= 0.6 is 15.9 Å². The summed E-state index contributed by atoms with van der Waals surface area (Å²) in [4.78, 5) is 12.0. The van der Waals surface area contributed by atoms with Crippen LogP contribution in [0.15, 0.2) is 34.8 Å². The second-order valence-corrected chi connectivity index (χ2v) is 5.18. The first-order valence-electron chi connectivity index (χ1n) is 5.70. The molecule has 2 aromatic rings. The molecule has 6 heteroatoms. The summed E-state index contributed by atoms with van der Waals surface area (Å²) in [6, 6.07) is 6.66. The fourth-order valence-corrected chi connectivity index (χ4v) is 2.05. The molecule has 20 heavy (non-hydrogen) atoms. The van der Waals surface area contributed by atoms with E-state index < -0.39 is 17.5 Å². The van der Waals surface area contributed by atoms with Crippen LogP contribution in [-0.4, -0.2) is 5.91 Å². The monoisotopic (exact) mass is 340 g/mol. The lowest BCUT2D eigenvalue weighted by atomic mass is 10.1. The van der Waals surface area contributed by atoms with E-state index in [0.717, 1.165) is 16.6 Å². The number of aryl methyl sites for hydroxylation is 1. The molecular weight excluding hydrogens is 330 g/mol. The van der Waals surface area contributed by atoms with Crippen molar-refractivity contribution in [1.82, 2.24) is 0 Å². The van der Waals surface area contributed by atoms with Gasteiger partial charge in [-0.25, -0.2) is 8.78 Å². The second-order valence-electron chi connectivity index (χ2n) is 4.27. The predicted molar refractivity (Wildman–Crippen MR) is 77.6 cm³/mol. The summed E-state index contributed by atoms with van der Waals surface area (Å²) in [5.74, 6) is -1.89. The van der Waals surface area contributed by atoms with E-state index >= 15 is 0 Å². The average molecular weight is 341 g/mol. The Bertz CT molecular complexity index is 689. The van der Waals surface area contributed by atoms with Crippen LogP contribution in [0.5, 0.6) is 0 Å². The van der Waals surface area contributed by atoms with Crippen LogP contribution in [0.3, 0.4) is 0 Å². The highest BCUT2D eigenvalue weighted by atomic mass is 79.9. The Balaban J connectivity index is 2.30. The summed E-state index contributed by atoms with van der Waals surface area (Å²) >= 11 is 3.22. The Morgan fingerprint density at radius 1 is 1.20 bits per heavy atom. The Morgan fingerprint density at radius 3 is 2.55 bits per heavy atom. The van der Waals surface area contributed by atoms with Gasteiger partial charge in [0.2, 0.25) is 0 Å². The van der Waals surface area contributed by atoms with Crippen molar-refractivity contribution < 1.29 is 13.6 Å². The molecule has 0 aromatic heterocycles. The average Bonchev–Trinajstić information content (AvgIpc) is 2.35. The summed E-state index contributed by atoms with van der Waals surface area (Å²) < 4.78 is 27.8. The lowest BCUT2D eigenvalue weighted by Crippen LogP contribution is -2.15. The number of hydrogen-bond acceptors (Lipinski definition) is 2. The van der Waals surface area contributed by atoms with Crippen molar-refractivity contribution in [2.45, 2.75) is 6.92 Å². The molecule has 0 bridgehead atoms. The zero-order valence-corrected chi connectivity index (χ0v) is 12.1. The number of amides is 1. The molecule has 0 aliphatic rings. The van der Waals surface area contributed by atoms with Gasteiger partial charge in [0, 0.05) is 16.2 Å². The number of nitrogen functional groups attached to an aromatic ring is 1. The van der Waals surface area contributed by atoms with Crippen molar-refractivity contribution in [3.8, 4) is 0 Å². The Labute approximate surface area is 122 Å². The lowest BCUT2D eigenvalue weighted by molar-refractivity contribution is 0.102. The van der Waals surface area contributed by atoms with E-state index in [9.17, 15) is 13.6 Å². The number of rotatable bonds is 2. The highest BCUT2D eigenvalue weighted by Crippen LogP contribution is 2.22. The number of halogens is 3. The number of hydrogen-bond donors (Lipinski definition) is 2. The van der Waals surface area contributed by atoms with E-state index in [2.05, 4.69) is 21.2 Å². The van der Waals surface area contributed by atoms with Gasteiger partial charge < -0.3 is 11.1 Å². The maximum Gasteiger partial charge on any atom is 0.257 e. The number of carbonyl (C=O) groups is 1. The SMILES string of the molecule is Cc1cc(F)c(NC(=O)c2ccc(Br)cc2N)cc1F. The first kappa shape index (κ1) is 14.5. The Morgan fingerprint density at radius 2 is 1.90 bits per heavy atom. The van der Waals surface area contributed by atoms with Crippen molar-refractivity contribution in [2.75, 3.05) is 11.1 Å². The van der Waals surface area contributed by atoms with E-state index in [1.807, 2.05) is 0 Å². The molecule has 0 saturated heterocycles. The summed E-state index contributed by atoms with van der Waals surface area (Å²) in [5, 5.41) is 2.31. The van der Waals surface area contributed by atoms with Crippen molar-refractivity contribution in [3.05, 3.63) is 57.6 Å². The van der Waals surface area contributed by atoms with Gasteiger partial charge in [0.1, 0.15) is 11.6 Å². The third-order valence-electron chi connectivity index (χ3n) is 2.75. The van der Waals surface area contributed by atoms with E-state index in [4.69, 9.17) is 5.73 Å². The topological polar surface area (TPSA) is 55.1 Å². The van der Waals surface area contributed by atoms with Crippen LogP contribution in [0.4, 0.5) is 20.2 Å². The minimum Gasteiger partial charge on any atom is -0.398 e. The molecule has 0 spiro atoms. The first-order chi connectivity index (χ1) is 9.38. The second kappa shape index (κ2) is 5.58. The smallest absolute Gasteiger partial charge is 0.257 e. The molecule has 0 saturated carbocycles. The van der Waals surface area contributed by atoms with Crippen LogP contribution in [0, 0.1) is 18.6 Å². The van der Waals surface area contributed by atoms with Gasteiger partial charge in [-0.15, -0.1) is 0 Å². The van der Waals surface area contributed by atoms with E-state index in [1.54, 1.807) is 12.1 Å². The molecule has 0 unspecified atom stereocenters. The van der Waals surface area contributed by atoms with E-state index in [-0.39, 0.29) is 22.5 Å². The molecule has 0 heterocycles. The molecule has 0 aliphatic carbocycles. The predicted octanol–water partition coefficient (Wildman–Crippen LogP) is 3.87. The largest absolute Gasteiger partial charge is 0.398 e. The third-order valence-corrected chi connectivity index (χ3v) is 3.25. The number of anilines is 2. The van der Waals surface area contributed by atoms with Crippen LogP contribution in [0.2, 0.25) is 0 Å². The quantitative estimate of drug-likeness (QED) is 0.815. The number of benzene rings is 2. The van der Waals surface area contributed by atoms with Gasteiger partial charge in [-0.2, -0.15) is 0 Å². The summed E-state index contributed by atoms with van der Waals surface area (Å²) in [6.07, 6.45) is 0. The highest BCUT2D eigenvalue weighted by Gasteiger charge is 2.14. The van der Waals surface area contributed by atoms with Crippen molar-refractivity contribution in [1.29, 1.82) is 0 Å². The lowest BCUT2D eigenvalue weighted by Gasteiger charge is -2.09. The van der Waals surface area contributed by atoms with Crippen LogP contribution in [0.1, 0.15) is 15.9 Å². The Kier molecular flexibility index (Phi) is 4.04. The maximum absolute atomic E-state index is 13.7. The molecule has 3 N–H and O–H groups in total. The molecule has 2 rings (SSSR count). The first-order valence-corrected chi connectivity index (χ1v) is 6.50. The molecule has 0 aliphatic heterocycles. The third kappa shape index (κ3) is 2.96. The summed E-state index contributed by atoms with van der Waals surface area (Å²) in [6.45, 7) is 1.44. The minimum atomic E-state index is -0.701. The fraction of sp³-hybridized carbons (Fsp3) is 0.0714. The number of nitrogens with two attached hydrogens (primary N) is 1. The molecule has 0 radical (unpaired) electrons. The van der Waals surface area contributed by atoms with Crippen molar-refractivity contribution >= 4 is 33.2 Å². The molecule has 1 amide bonds. The molecule has 0 atom stereocenters. The summed E-state index contributed by atoms with van der Waals surface area (Å²) in [5.41, 5.74) is 6.09. The van der Waals surface area contributed by atoms with E-state index in [0.29, 0.717) is 0 Å². The number of nitrogens with one attached hydrogen (secondary N) is 1. The van der Waals surface area contributed by atoms with Crippen molar-refractivity contribution in [3.63, 3.8) is 0 Å². The van der Waals surface area contributed by atoms with Gasteiger partial charge in [-0.1, -0.05) is 15.9 Å². The fourth-order valence-electron chi connectivity index (χ4n) is 1.67. The van der Waals surface area contributed by atoms with Crippen LogP contribution in [0.25, 0.3) is 0 Å². The minimum absolute atomic E-state index is 0.170. The van der Waals surface area contributed by atoms with E-state index in [1.165, 1.54) is 13.0 Å². The van der Waals surface area contributed by atoms with Gasteiger partial charge in [0.15, 0.2) is 0 Å². The summed E-state index contributed by atoms with van der Waals surface area (Å²) in [7, 11) is 0. The zero-order chi connectivity index (χ0) is 14.9. The molecule has 3 nitrogen and oxygen atoms in total. The molecule has 104 valence electrons. The van der Waals surface area contributed by atoms with Crippen LogP contribution < -0.4 is 11.1 Å². The normalized spacial score (nSPS) is 10.4. The zero-order valence-electron chi connectivity index (χ0n) is 10.5. The highest BCUT2D eigenvalue weighted by molar-refractivity contribution is 9.10. The molecule has 0 fully saturated rings. The molecular formula is C14H11BrF2N2O. The van der Waals surface area contributed by atoms with Gasteiger partial charge in [-0.05, 0) is 36.8 Å². The molecule has 2 aromatic carbocycles.